The number of carbonyl (C=O) groups excluding carboxylic acids is 1. The lowest BCUT2D eigenvalue weighted by Gasteiger charge is -2.39. The van der Waals surface area contributed by atoms with Crippen LogP contribution in [-0.2, 0) is 4.79 Å². The summed E-state index contributed by atoms with van der Waals surface area (Å²) in [5, 5.41) is 0. The molecule has 0 aromatic heterocycles. The third-order valence-corrected chi connectivity index (χ3v) is 5.56. The summed E-state index contributed by atoms with van der Waals surface area (Å²) in [5.74, 6) is 0.959. The molecule has 2 N–H and O–H groups in total. The lowest BCUT2D eigenvalue weighted by atomic mass is 9.81. The number of carbonyl (C=O) groups is 1. The predicted molar refractivity (Wildman–Crippen MR) is 109 cm³/mol. The first-order chi connectivity index (χ1) is 12.1. The first-order valence-electron chi connectivity index (χ1n) is 9.22. The third-order valence-electron chi connectivity index (χ3n) is 5.56. The Morgan fingerprint density at radius 3 is 2.23 bits per heavy atom. The molecule has 0 bridgehead atoms. The van der Waals surface area contributed by atoms with E-state index in [0.29, 0.717) is 11.8 Å². The van der Waals surface area contributed by atoms with Crippen LogP contribution in [0.4, 0.5) is 0 Å². The van der Waals surface area contributed by atoms with Crippen molar-refractivity contribution in [2.75, 3.05) is 13.1 Å². The van der Waals surface area contributed by atoms with E-state index in [2.05, 4.69) is 37.3 Å². The van der Waals surface area contributed by atoms with Crippen molar-refractivity contribution in [2.45, 2.75) is 32.2 Å². The Hall–Kier alpha value is -1.84. The van der Waals surface area contributed by atoms with Gasteiger partial charge in [-0.3, -0.25) is 4.79 Å². The Labute approximate surface area is 163 Å². The molecule has 0 aliphatic carbocycles. The highest BCUT2D eigenvalue weighted by Gasteiger charge is 2.33. The minimum atomic E-state index is -0.254. The molecule has 4 unspecified atom stereocenters. The van der Waals surface area contributed by atoms with Crippen molar-refractivity contribution in [3.63, 3.8) is 0 Å². The molecule has 4 atom stereocenters. The summed E-state index contributed by atoms with van der Waals surface area (Å²) in [6.45, 7) is 5.83. The molecule has 26 heavy (non-hydrogen) atoms. The summed E-state index contributed by atoms with van der Waals surface area (Å²) in [6.07, 6.45) is 1.02. The highest BCUT2D eigenvalue weighted by Crippen LogP contribution is 2.33. The maximum Gasteiger partial charge on any atom is 0.227 e. The Morgan fingerprint density at radius 1 is 1.08 bits per heavy atom. The van der Waals surface area contributed by atoms with E-state index in [4.69, 9.17) is 5.73 Å². The molecule has 4 heteroatoms. The SMILES string of the molecule is CC1CN(C(=O)C(C)C(N)c2ccccc2)CCC1c1ccccc1.Cl. The summed E-state index contributed by atoms with van der Waals surface area (Å²) >= 11 is 0. The van der Waals surface area contributed by atoms with Crippen LogP contribution in [0.2, 0.25) is 0 Å². The maximum atomic E-state index is 12.9. The number of rotatable bonds is 4. The monoisotopic (exact) mass is 372 g/mol. The molecule has 0 spiro atoms. The Kier molecular flexibility index (Phi) is 7.24. The van der Waals surface area contributed by atoms with Crippen LogP contribution in [-0.4, -0.2) is 23.9 Å². The molecule has 1 saturated heterocycles. The van der Waals surface area contributed by atoms with E-state index in [1.165, 1.54) is 5.56 Å². The van der Waals surface area contributed by atoms with Crippen LogP contribution in [0.1, 0.15) is 43.4 Å². The van der Waals surface area contributed by atoms with Crippen molar-refractivity contribution in [3.05, 3.63) is 71.8 Å². The number of amides is 1. The van der Waals surface area contributed by atoms with Crippen molar-refractivity contribution in [1.82, 2.24) is 4.90 Å². The number of nitrogens with two attached hydrogens (primary N) is 1. The first-order valence-corrected chi connectivity index (χ1v) is 9.22. The Morgan fingerprint density at radius 2 is 1.65 bits per heavy atom. The fourth-order valence-corrected chi connectivity index (χ4v) is 3.95. The first kappa shape index (κ1) is 20.5. The summed E-state index contributed by atoms with van der Waals surface area (Å²) in [4.78, 5) is 15.0. The second-order valence-corrected chi connectivity index (χ2v) is 7.29. The summed E-state index contributed by atoms with van der Waals surface area (Å²) in [7, 11) is 0. The van der Waals surface area contributed by atoms with Crippen molar-refractivity contribution in [3.8, 4) is 0 Å². The van der Waals surface area contributed by atoms with E-state index < -0.39 is 0 Å². The summed E-state index contributed by atoms with van der Waals surface area (Å²) in [6, 6.07) is 20.3. The topological polar surface area (TPSA) is 46.3 Å². The lowest BCUT2D eigenvalue weighted by Crippen LogP contribution is -2.46. The van der Waals surface area contributed by atoms with Crippen molar-refractivity contribution < 1.29 is 4.79 Å². The number of benzene rings is 2. The lowest BCUT2D eigenvalue weighted by molar-refractivity contribution is -0.137. The average Bonchev–Trinajstić information content (AvgIpc) is 2.67. The third kappa shape index (κ3) is 4.46. The van der Waals surface area contributed by atoms with Gasteiger partial charge in [0.25, 0.3) is 0 Å². The molecular weight excluding hydrogens is 344 g/mol. The molecular formula is C22H29ClN2O. The van der Waals surface area contributed by atoms with Crippen LogP contribution in [0, 0.1) is 11.8 Å². The molecule has 0 saturated carbocycles. The van der Waals surface area contributed by atoms with E-state index in [9.17, 15) is 4.79 Å². The van der Waals surface area contributed by atoms with Crippen molar-refractivity contribution in [1.29, 1.82) is 0 Å². The van der Waals surface area contributed by atoms with Crippen LogP contribution >= 0.6 is 12.4 Å². The fourth-order valence-electron chi connectivity index (χ4n) is 3.95. The molecule has 2 aromatic rings. The number of likely N-dealkylation sites (tertiary alicyclic amines) is 1. The van der Waals surface area contributed by atoms with Crippen molar-refractivity contribution in [2.24, 2.45) is 17.6 Å². The average molecular weight is 373 g/mol. The highest BCUT2D eigenvalue weighted by atomic mass is 35.5. The fraction of sp³-hybridized carbons (Fsp3) is 0.409. The largest absolute Gasteiger partial charge is 0.342 e. The van der Waals surface area contributed by atoms with Gasteiger partial charge in [0.05, 0.1) is 5.92 Å². The molecule has 3 nitrogen and oxygen atoms in total. The second-order valence-electron chi connectivity index (χ2n) is 7.29. The minimum Gasteiger partial charge on any atom is -0.342 e. The summed E-state index contributed by atoms with van der Waals surface area (Å²) < 4.78 is 0. The van der Waals surface area contributed by atoms with Crippen LogP contribution < -0.4 is 5.73 Å². The molecule has 1 fully saturated rings. The van der Waals surface area contributed by atoms with Gasteiger partial charge in [0.1, 0.15) is 0 Å². The zero-order valence-electron chi connectivity index (χ0n) is 15.5. The second kappa shape index (κ2) is 9.20. The van der Waals surface area contributed by atoms with Gasteiger partial charge in [0.2, 0.25) is 5.91 Å². The van der Waals surface area contributed by atoms with E-state index in [1.54, 1.807) is 0 Å². The van der Waals surface area contributed by atoms with E-state index >= 15 is 0 Å². The molecule has 1 aliphatic heterocycles. The quantitative estimate of drug-likeness (QED) is 0.864. The Bertz CT molecular complexity index is 692. The number of piperidine rings is 1. The van der Waals surface area contributed by atoms with E-state index in [-0.39, 0.29) is 30.3 Å². The van der Waals surface area contributed by atoms with Gasteiger partial charge in [-0.05, 0) is 29.4 Å². The van der Waals surface area contributed by atoms with E-state index in [0.717, 1.165) is 25.1 Å². The smallest absolute Gasteiger partial charge is 0.227 e. The number of halogens is 1. The molecule has 1 aliphatic rings. The Balaban J connectivity index is 0.00000243. The normalized spacial score (nSPS) is 22.2. The molecule has 1 heterocycles. The summed E-state index contributed by atoms with van der Waals surface area (Å²) in [5.41, 5.74) is 8.76. The zero-order valence-corrected chi connectivity index (χ0v) is 16.4. The number of hydrogen-bond donors (Lipinski definition) is 1. The van der Waals surface area contributed by atoms with E-state index in [1.807, 2.05) is 42.2 Å². The van der Waals surface area contributed by atoms with Gasteiger partial charge < -0.3 is 10.6 Å². The molecule has 2 aromatic carbocycles. The number of hydrogen-bond acceptors (Lipinski definition) is 2. The highest BCUT2D eigenvalue weighted by molar-refractivity contribution is 5.85. The number of nitrogens with zero attached hydrogens (tertiary/aromatic N) is 1. The molecule has 0 radical (unpaired) electrons. The van der Waals surface area contributed by atoms with Crippen molar-refractivity contribution >= 4 is 18.3 Å². The molecule has 1 amide bonds. The van der Waals surface area contributed by atoms with Gasteiger partial charge in [-0.2, -0.15) is 0 Å². The van der Waals surface area contributed by atoms with Gasteiger partial charge in [-0.15, -0.1) is 12.4 Å². The molecule has 3 rings (SSSR count). The van der Waals surface area contributed by atoms with Gasteiger partial charge in [0, 0.05) is 19.1 Å². The zero-order chi connectivity index (χ0) is 17.8. The minimum absolute atomic E-state index is 0. The van der Waals surface area contributed by atoms with Gasteiger partial charge in [0.15, 0.2) is 0 Å². The van der Waals surface area contributed by atoms with Crippen LogP contribution in [0.15, 0.2) is 60.7 Å². The van der Waals surface area contributed by atoms with Crippen LogP contribution in [0.25, 0.3) is 0 Å². The van der Waals surface area contributed by atoms with Gasteiger partial charge in [-0.25, -0.2) is 0 Å². The van der Waals surface area contributed by atoms with Gasteiger partial charge in [-0.1, -0.05) is 74.5 Å². The van der Waals surface area contributed by atoms with Crippen LogP contribution in [0.5, 0.6) is 0 Å². The molecule has 140 valence electrons. The van der Waals surface area contributed by atoms with Gasteiger partial charge >= 0.3 is 0 Å². The maximum absolute atomic E-state index is 12.9. The van der Waals surface area contributed by atoms with Crippen LogP contribution in [0.3, 0.4) is 0 Å². The predicted octanol–water partition coefficient (Wildman–Crippen LogP) is 4.40. The standard InChI is InChI=1S/C22H28N2O.ClH/c1-16-15-24(14-13-20(16)18-9-5-3-6-10-18)22(25)17(2)21(23)19-11-7-4-8-12-19;/h3-12,16-17,20-21H,13-15,23H2,1-2H3;1H.